The standard InChI is InChI=1S/C20H12F2N2O2/c21-12-9-13(22)11-14(10-12)26-18-8-4-2-6-16(18)19-23-17-7-3-1-5-15(17)20(25)24-19/h1-11H,(H,23,24,25). The van der Waals surface area contributed by atoms with E-state index in [-0.39, 0.29) is 11.3 Å². The van der Waals surface area contributed by atoms with E-state index in [9.17, 15) is 13.6 Å². The molecule has 0 aliphatic carbocycles. The third-order valence-electron chi connectivity index (χ3n) is 3.82. The van der Waals surface area contributed by atoms with E-state index in [1.54, 1.807) is 48.5 Å². The Labute approximate surface area is 146 Å². The molecule has 6 heteroatoms. The van der Waals surface area contributed by atoms with E-state index in [1.807, 2.05) is 0 Å². The highest BCUT2D eigenvalue weighted by Gasteiger charge is 2.12. The lowest BCUT2D eigenvalue weighted by Crippen LogP contribution is -2.09. The van der Waals surface area contributed by atoms with Crippen molar-refractivity contribution in [3.05, 3.63) is 88.7 Å². The Morgan fingerprint density at radius 2 is 1.58 bits per heavy atom. The quantitative estimate of drug-likeness (QED) is 0.585. The molecule has 0 unspecified atom stereocenters. The van der Waals surface area contributed by atoms with Crippen LogP contribution in [0.1, 0.15) is 0 Å². The van der Waals surface area contributed by atoms with Crippen LogP contribution in [-0.2, 0) is 0 Å². The second-order valence-corrected chi connectivity index (χ2v) is 5.64. The number of aromatic nitrogens is 2. The smallest absolute Gasteiger partial charge is 0.259 e. The number of rotatable bonds is 3. The van der Waals surface area contributed by atoms with Crippen LogP contribution in [0, 0.1) is 11.6 Å². The van der Waals surface area contributed by atoms with Crippen LogP contribution in [0.5, 0.6) is 11.5 Å². The van der Waals surface area contributed by atoms with Gasteiger partial charge in [0.1, 0.15) is 29.0 Å². The van der Waals surface area contributed by atoms with Crippen molar-refractivity contribution in [2.45, 2.75) is 0 Å². The van der Waals surface area contributed by atoms with Gasteiger partial charge in [-0.15, -0.1) is 0 Å². The van der Waals surface area contributed by atoms with Crippen LogP contribution < -0.4 is 10.3 Å². The maximum atomic E-state index is 13.4. The second-order valence-electron chi connectivity index (χ2n) is 5.64. The summed E-state index contributed by atoms with van der Waals surface area (Å²) in [6.45, 7) is 0. The Balaban J connectivity index is 1.82. The molecule has 1 N–H and O–H groups in total. The van der Waals surface area contributed by atoms with Gasteiger partial charge in [-0.25, -0.2) is 13.8 Å². The number of hydrogen-bond donors (Lipinski definition) is 1. The van der Waals surface area contributed by atoms with E-state index in [4.69, 9.17) is 4.74 Å². The number of aromatic amines is 1. The lowest BCUT2D eigenvalue weighted by molar-refractivity contribution is 0.469. The van der Waals surface area contributed by atoms with Gasteiger partial charge in [-0.2, -0.15) is 0 Å². The van der Waals surface area contributed by atoms with E-state index in [0.29, 0.717) is 28.0 Å². The molecule has 0 aliphatic heterocycles. The van der Waals surface area contributed by atoms with Crippen LogP contribution in [0.3, 0.4) is 0 Å². The molecule has 0 amide bonds. The van der Waals surface area contributed by atoms with Crippen molar-refractivity contribution in [1.29, 1.82) is 0 Å². The van der Waals surface area contributed by atoms with Gasteiger partial charge in [0, 0.05) is 18.2 Å². The predicted molar refractivity (Wildman–Crippen MR) is 94.2 cm³/mol. The van der Waals surface area contributed by atoms with Gasteiger partial charge in [-0.1, -0.05) is 24.3 Å². The molecule has 0 spiro atoms. The Morgan fingerprint density at radius 1 is 0.885 bits per heavy atom. The van der Waals surface area contributed by atoms with Crippen molar-refractivity contribution < 1.29 is 13.5 Å². The van der Waals surface area contributed by atoms with Gasteiger partial charge in [0.05, 0.1) is 16.5 Å². The summed E-state index contributed by atoms with van der Waals surface area (Å²) in [5.41, 5.74) is 0.759. The zero-order chi connectivity index (χ0) is 18.1. The van der Waals surface area contributed by atoms with Gasteiger partial charge in [-0.3, -0.25) is 4.79 Å². The molecule has 0 bridgehead atoms. The van der Waals surface area contributed by atoms with E-state index in [2.05, 4.69) is 9.97 Å². The molecule has 0 fully saturated rings. The Hall–Kier alpha value is -3.54. The average Bonchev–Trinajstić information content (AvgIpc) is 2.61. The highest BCUT2D eigenvalue weighted by Crippen LogP contribution is 2.32. The molecular weight excluding hydrogens is 338 g/mol. The van der Waals surface area contributed by atoms with Crippen LogP contribution in [0.15, 0.2) is 71.5 Å². The minimum Gasteiger partial charge on any atom is -0.456 e. The van der Waals surface area contributed by atoms with E-state index >= 15 is 0 Å². The maximum Gasteiger partial charge on any atom is 0.259 e. The third-order valence-corrected chi connectivity index (χ3v) is 3.82. The van der Waals surface area contributed by atoms with Crippen LogP contribution in [0.2, 0.25) is 0 Å². The summed E-state index contributed by atoms with van der Waals surface area (Å²) in [4.78, 5) is 19.5. The molecule has 0 saturated carbocycles. The number of nitrogens with zero attached hydrogens (tertiary/aromatic N) is 1. The fourth-order valence-electron chi connectivity index (χ4n) is 2.68. The van der Waals surface area contributed by atoms with Crippen molar-refractivity contribution >= 4 is 10.9 Å². The zero-order valence-corrected chi connectivity index (χ0v) is 13.4. The summed E-state index contributed by atoms with van der Waals surface area (Å²) in [7, 11) is 0. The first kappa shape index (κ1) is 16.0. The normalized spacial score (nSPS) is 10.8. The SMILES string of the molecule is O=c1[nH]c(-c2ccccc2Oc2cc(F)cc(F)c2)nc2ccccc12. The van der Waals surface area contributed by atoms with E-state index in [1.165, 1.54) is 0 Å². The number of hydrogen-bond acceptors (Lipinski definition) is 3. The van der Waals surface area contributed by atoms with Crippen molar-refractivity contribution in [3.8, 4) is 22.9 Å². The number of halogens is 2. The molecule has 128 valence electrons. The summed E-state index contributed by atoms with van der Waals surface area (Å²) in [6, 6.07) is 16.7. The lowest BCUT2D eigenvalue weighted by Gasteiger charge is -2.11. The number of ether oxygens (including phenoxy) is 1. The molecule has 3 aromatic carbocycles. The molecule has 4 nitrogen and oxygen atoms in total. The Bertz CT molecular complexity index is 1150. The van der Waals surface area contributed by atoms with Crippen LogP contribution in [-0.4, -0.2) is 9.97 Å². The molecule has 0 radical (unpaired) electrons. The van der Waals surface area contributed by atoms with Crippen LogP contribution >= 0.6 is 0 Å². The lowest BCUT2D eigenvalue weighted by atomic mass is 10.1. The minimum atomic E-state index is -0.741. The van der Waals surface area contributed by atoms with Crippen LogP contribution in [0.4, 0.5) is 8.78 Å². The van der Waals surface area contributed by atoms with Crippen LogP contribution in [0.25, 0.3) is 22.3 Å². The first-order valence-electron chi connectivity index (χ1n) is 7.82. The summed E-state index contributed by atoms with van der Waals surface area (Å²) >= 11 is 0. The molecule has 0 saturated heterocycles. The molecule has 0 atom stereocenters. The zero-order valence-electron chi connectivity index (χ0n) is 13.4. The molecule has 1 heterocycles. The van der Waals surface area contributed by atoms with E-state index in [0.717, 1.165) is 18.2 Å². The Kier molecular flexibility index (Phi) is 3.93. The van der Waals surface area contributed by atoms with Gasteiger partial charge >= 0.3 is 0 Å². The maximum absolute atomic E-state index is 13.4. The largest absolute Gasteiger partial charge is 0.456 e. The topological polar surface area (TPSA) is 55.0 Å². The third kappa shape index (κ3) is 3.04. The van der Waals surface area contributed by atoms with Crippen molar-refractivity contribution in [1.82, 2.24) is 9.97 Å². The predicted octanol–water partition coefficient (Wildman–Crippen LogP) is 4.66. The van der Waals surface area contributed by atoms with Crippen molar-refractivity contribution in [3.63, 3.8) is 0 Å². The molecule has 0 aliphatic rings. The number of nitrogens with one attached hydrogen (secondary N) is 1. The first-order valence-corrected chi connectivity index (χ1v) is 7.82. The fraction of sp³-hybridized carbons (Fsp3) is 0. The van der Waals surface area contributed by atoms with Gasteiger partial charge in [0.15, 0.2) is 0 Å². The molecule has 26 heavy (non-hydrogen) atoms. The second kappa shape index (κ2) is 6.40. The van der Waals surface area contributed by atoms with Gasteiger partial charge in [-0.05, 0) is 24.3 Å². The first-order chi connectivity index (χ1) is 12.6. The summed E-state index contributed by atoms with van der Waals surface area (Å²) < 4.78 is 32.4. The van der Waals surface area contributed by atoms with Gasteiger partial charge in [0.2, 0.25) is 0 Å². The average molecular weight is 350 g/mol. The summed E-state index contributed by atoms with van der Waals surface area (Å²) in [5.74, 6) is -0.848. The number of H-pyrrole nitrogens is 1. The highest BCUT2D eigenvalue weighted by molar-refractivity contribution is 5.80. The minimum absolute atomic E-state index is 0.0121. The number of benzene rings is 3. The highest BCUT2D eigenvalue weighted by atomic mass is 19.1. The van der Waals surface area contributed by atoms with Crippen molar-refractivity contribution in [2.24, 2.45) is 0 Å². The monoisotopic (exact) mass is 350 g/mol. The van der Waals surface area contributed by atoms with Gasteiger partial charge in [0.25, 0.3) is 5.56 Å². The summed E-state index contributed by atoms with van der Waals surface area (Å²) in [6.07, 6.45) is 0. The van der Waals surface area contributed by atoms with Crippen molar-refractivity contribution in [2.75, 3.05) is 0 Å². The molecule has 1 aromatic heterocycles. The fourth-order valence-corrected chi connectivity index (χ4v) is 2.68. The number of fused-ring (bicyclic) bond motifs is 1. The van der Waals surface area contributed by atoms with E-state index < -0.39 is 11.6 Å². The molecular formula is C20H12F2N2O2. The molecule has 4 aromatic rings. The van der Waals surface area contributed by atoms with Gasteiger partial charge < -0.3 is 9.72 Å². The summed E-state index contributed by atoms with van der Waals surface area (Å²) in [5, 5.41) is 0.474. The number of para-hydroxylation sites is 2. The molecule has 4 rings (SSSR count). The Morgan fingerprint density at radius 3 is 2.38 bits per heavy atom.